The molecule has 3 heterocycles. The number of nitrogens with zero attached hydrogens (tertiary/aromatic N) is 4. The fraction of sp³-hybridized carbons (Fsp3) is 0.333. The van der Waals surface area contributed by atoms with Crippen molar-refractivity contribution in [3.8, 4) is 0 Å². The maximum Gasteiger partial charge on any atom is 0.416 e. The molecule has 198 valence electrons. The molecule has 0 unspecified atom stereocenters. The first kappa shape index (κ1) is 26.0. The maximum absolute atomic E-state index is 13.6. The molecule has 1 saturated heterocycles. The number of carbonyl (C=O) groups is 2. The fourth-order valence-electron chi connectivity index (χ4n) is 4.73. The molecule has 3 aromatic rings. The number of benzene rings is 2. The number of methoxy groups -OCH3 is 1. The summed E-state index contributed by atoms with van der Waals surface area (Å²) in [6, 6.07) is 9.75. The topological polar surface area (TPSA) is 76.8 Å². The zero-order chi connectivity index (χ0) is 27.0. The highest BCUT2D eigenvalue weighted by molar-refractivity contribution is 8.18. The molecule has 0 saturated carbocycles. The van der Waals surface area contributed by atoms with Crippen LogP contribution in [-0.4, -0.2) is 51.9 Å². The van der Waals surface area contributed by atoms with Gasteiger partial charge in [0.25, 0.3) is 5.91 Å². The average Bonchev–Trinajstić information content (AvgIpc) is 3.46. The van der Waals surface area contributed by atoms with E-state index in [-0.39, 0.29) is 29.9 Å². The third-order valence-electron chi connectivity index (χ3n) is 6.76. The lowest BCUT2D eigenvalue weighted by atomic mass is 9.97. The van der Waals surface area contributed by atoms with Gasteiger partial charge in [-0.2, -0.15) is 23.3 Å². The third kappa shape index (κ3) is 5.33. The van der Waals surface area contributed by atoms with Crippen LogP contribution in [0.3, 0.4) is 0 Å². The zero-order valence-electron chi connectivity index (χ0n) is 20.8. The summed E-state index contributed by atoms with van der Waals surface area (Å²) >= 11 is 1.30. The lowest BCUT2D eigenvalue weighted by Crippen LogP contribution is -2.38. The van der Waals surface area contributed by atoms with Crippen LogP contribution in [0.4, 0.5) is 13.2 Å². The van der Waals surface area contributed by atoms with Gasteiger partial charge in [-0.05, 0) is 66.9 Å². The molecule has 38 heavy (non-hydrogen) atoms. The van der Waals surface area contributed by atoms with Crippen LogP contribution < -0.4 is 0 Å². The van der Waals surface area contributed by atoms with Crippen molar-refractivity contribution in [1.29, 1.82) is 0 Å². The molecule has 1 amide bonds. The minimum Gasteiger partial charge on any atom is -0.469 e. The number of amides is 1. The first-order valence-corrected chi connectivity index (χ1v) is 12.9. The molecule has 0 atom stereocenters. The monoisotopic (exact) mass is 542 g/mol. The number of aliphatic imine (C=N–C) groups is 1. The number of fused-ring (bicyclic) bond motifs is 1. The lowest BCUT2D eigenvalue weighted by Gasteiger charge is -2.31. The molecule has 7 nitrogen and oxygen atoms in total. The number of ether oxygens (including phenoxy) is 1. The zero-order valence-corrected chi connectivity index (χ0v) is 21.6. The number of aryl methyl sites for hydroxylation is 1. The van der Waals surface area contributed by atoms with Gasteiger partial charge in [-0.3, -0.25) is 14.3 Å². The van der Waals surface area contributed by atoms with E-state index in [0.717, 1.165) is 17.0 Å². The Kier molecular flexibility index (Phi) is 7.04. The van der Waals surface area contributed by atoms with Crippen molar-refractivity contribution in [3.63, 3.8) is 0 Å². The number of rotatable bonds is 4. The predicted octanol–water partition coefficient (Wildman–Crippen LogP) is 5.27. The standard InChI is InChI=1S/C27H25F3N4O3S/c1-16-3-5-19(21(11-16)27(28,29)30)15-34-22-6-4-17(12-20(22)14-31-34)13-23-24(35)32-26(38-23)33-9-7-18(8-10-33)25(36)37-2/h3-6,11-14,18H,7-10,15H2,1-2H3/b23-13-. The minimum atomic E-state index is -4.45. The molecule has 0 spiro atoms. The van der Waals surface area contributed by atoms with E-state index in [1.165, 1.54) is 24.9 Å². The number of esters is 1. The van der Waals surface area contributed by atoms with Gasteiger partial charge in [-0.1, -0.05) is 23.8 Å². The number of alkyl halides is 3. The molecule has 1 fully saturated rings. The Hall–Kier alpha value is -3.60. The number of piperidine rings is 1. The van der Waals surface area contributed by atoms with Gasteiger partial charge in [0, 0.05) is 18.5 Å². The van der Waals surface area contributed by atoms with Gasteiger partial charge in [0.15, 0.2) is 5.17 Å². The van der Waals surface area contributed by atoms with Crippen molar-refractivity contribution in [1.82, 2.24) is 14.7 Å². The van der Waals surface area contributed by atoms with Gasteiger partial charge in [-0.25, -0.2) is 0 Å². The highest BCUT2D eigenvalue weighted by Crippen LogP contribution is 2.35. The molecule has 0 radical (unpaired) electrons. The summed E-state index contributed by atoms with van der Waals surface area (Å²) in [5, 5.41) is 5.69. The maximum atomic E-state index is 13.6. The van der Waals surface area contributed by atoms with Gasteiger partial charge < -0.3 is 9.64 Å². The fourth-order valence-corrected chi connectivity index (χ4v) is 5.70. The largest absolute Gasteiger partial charge is 0.469 e. The van der Waals surface area contributed by atoms with Crippen molar-refractivity contribution in [2.75, 3.05) is 20.2 Å². The molecular formula is C27H25F3N4O3S. The van der Waals surface area contributed by atoms with Gasteiger partial charge in [0.2, 0.25) is 0 Å². The number of hydrogen-bond donors (Lipinski definition) is 0. The van der Waals surface area contributed by atoms with Crippen LogP contribution in [-0.2, 0) is 27.0 Å². The van der Waals surface area contributed by atoms with E-state index in [1.54, 1.807) is 42.1 Å². The lowest BCUT2D eigenvalue weighted by molar-refractivity contribution is -0.146. The van der Waals surface area contributed by atoms with Crippen LogP contribution in [0.15, 0.2) is 52.5 Å². The van der Waals surface area contributed by atoms with E-state index >= 15 is 0 Å². The summed E-state index contributed by atoms with van der Waals surface area (Å²) in [7, 11) is 1.39. The Labute approximate surface area is 221 Å². The molecule has 5 rings (SSSR count). The Morgan fingerprint density at radius 2 is 1.95 bits per heavy atom. The van der Waals surface area contributed by atoms with Gasteiger partial charge in [0.1, 0.15) is 0 Å². The van der Waals surface area contributed by atoms with Crippen LogP contribution in [0, 0.1) is 12.8 Å². The Morgan fingerprint density at radius 1 is 1.18 bits per heavy atom. The van der Waals surface area contributed by atoms with E-state index in [9.17, 15) is 22.8 Å². The number of likely N-dealkylation sites (tertiary alicyclic amines) is 1. The van der Waals surface area contributed by atoms with Crippen molar-refractivity contribution in [2.45, 2.75) is 32.5 Å². The molecule has 0 aliphatic carbocycles. The second kappa shape index (κ2) is 10.3. The summed E-state index contributed by atoms with van der Waals surface area (Å²) in [6.45, 7) is 2.85. The van der Waals surface area contributed by atoms with E-state index in [2.05, 4.69) is 10.1 Å². The van der Waals surface area contributed by atoms with Crippen LogP contribution in [0.5, 0.6) is 0 Å². The predicted molar refractivity (Wildman–Crippen MR) is 139 cm³/mol. The normalized spacial score (nSPS) is 17.9. The second-order valence-electron chi connectivity index (χ2n) is 9.37. The number of aromatic nitrogens is 2. The third-order valence-corrected chi connectivity index (χ3v) is 7.81. The van der Waals surface area contributed by atoms with Gasteiger partial charge >= 0.3 is 12.1 Å². The molecule has 2 aromatic carbocycles. The highest BCUT2D eigenvalue weighted by atomic mass is 32.2. The van der Waals surface area contributed by atoms with Crippen molar-refractivity contribution in [3.05, 3.63) is 69.8 Å². The number of amidine groups is 1. The average molecular weight is 543 g/mol. The van der Waals surface area contributed by atoms with E-state index in [0.29, 0.717) is 47.1 Å². The Morgan fingerprint density at radius 3 is 2.66 bits per heavy atom. The summed E-state index contributed by atoms with van der Waals surface area (Å²) in [5.41, 5.74) is 1.48. The van der Waals surface area contributed by atoms with E-state index in [4.69, 9.17) is 4.74 Å². The van der Waals surface area contributed by atoms with Crippen molar-refractivity contribution in [2.24, 2.45) is 10.9 Å². The first-order chi connectivity index (χ1) is 18.1. The van der Waals surface area contributed by atoms with Crippen LogP contribution in [0.2, 0.25) is 0 Å². The highest BCUT2D eigenvalue weighted by Gasteiger charge is 2.34. The summed E-state index contributed by atoms with van der Waals surface area (Å²) in [5.74, 6) is -0.664. The number of carbonyl (C=O) groups excluding carboxylic acids is 2. The van der Waals surface area contributed by atoms with E-state index < -0.39 is 11.7 Å². The van der Waals surface area contributed by atoms with Crippen LogP contribution in [0.25, 0.3) is 17.0 Å². The molecular weight excluding hydrogens is 517 g/mol. The quantitative estimate of drug-likeness (QED) is 0.330. The Bertz CT molecular complexity index is 1470. The van der Waals surface area contributed by atoms with Crippen LogP contribution in [0.1, 0.15) is 35.1 Å². The SMILES string of the molecule is COC(=O)C1CCN(C2=NC(=O)/C(=C/c3ccc4c(cnn4Cc4ccc(C)cc4C(F)(F)F)c3)S2)CC1. The molecule has 11 heteroatoms. The molecule has 0 bridgehead atoms. The van der Waals surface area contributed by atoms with Gasteiger partial charge in [-0.15, -0.1) is 0 Å². The number of thioether (sulfide) groups is 1. The summed E-state index contributed by atoms with van der Waals surface area (Å²) in [4.78, 5) is 31.0. The van der Waals surface area contributed by atoms with Crippen molar-refractivity contribution < 1.29 is 27.5 Å². The number of hydrogen-bond acceptors (Lipinski definition) is 6. The van der Waals surface area contributed by atoms with Crippen LogP contribution >= 0.6 is 11.8 Å². The summed E-state index contributed by atoms with van der Waals surface area (Å²) in [6.07, 6.45) is 0.201. The minimum absolute atomic E-state index is 0.0166. The first-order valence-electron chi connectivity index (χ1n) is 12.1. The Balaban J connectivity index is 1.30. The van der Waals surface area contributed by atoms with E-state index in [1.807, 2.05) is 11.0 Å². The van der Waals surface area contributed by atoms with Gasteiger partial charge in [0.05, 0.1) is 41.8 Å². The second-order valence-corrected chi connectivity index (χ2v) is 10.4. The summed E-state index contributed by atoms with van der Waals surface area (Å²) < 4.78 is 47.1. The number of halogens is 3. The molecule has 2 aliphatic rings. The molecule has 1 aromatic heterocycles. The molecule has 0 N–H and O–H groups in total. The van der Waals surface area contributed by atoms with Crippen molar-refractivity contribution >= 4 is 45.8 Å². The molecule has 2 aliphatic heterocycles. The smallest absolute Gasteiger partial charge is 0.416 e.